The fourth-order valence-corrected chi connectivity index (χ4v) is 1.73. The molecule has 0 aromatic carbocycles. The van der Waals surface area contributed by atoms with Crippen molar-refractivity contribution in [3.8, 4) is 0 Å². The third-order valence-corrected chi connectivity index (χ3v) is 2.67. The average Bonchev–Trinajstić information content (AvgIpc) is 2.08. The predicted molar refractivity (Wildman–Crippen MR) is 63.6 cm³/mol. The molecule has 0 heterocycles. The molecule has 1 unspecified atom stereocenters. The molecule has 0 radical (unpaired) electrons. The van der Waals surface area contributed by atoms with Gasteiger partial charge in [-0.2, -0.15) is 11.8 Å². The third kappa shape index (κ3) is 10.2. The minimum Gasteiger partial charge on any atom is -0.314 e. The lowest BCUT2D eigenvalue weighted by Gasteiger charge is -2.14. The van der Waals surface area contributed by atoms with Gasteiger partial charge in [0.15, 0.2) is 0 Å². The quantitative estimate of drug-likeness (QED) is 0.606. The Kier molecular flexibility index (Phi) is 9.03. The fourth-order valence-electron chi connectivity index (χ4n) is 1.14. The van der Waals surface area contributed by atoms with Gasteiger partial charge in [0.2, 0.25) is 0 Å². The van der Waals surface area contributed by atoms with Crippen LogP contribution in [0.2, 0.25) is 0 Å². The van der Waals surface area contributed by atoms with Crippen LogP contribution < -0.4 is 5.32 Å². The summed E-state index contributed by atoms with van der Waals surface area (Å²) < 4.78 is 0. The van der Waals surface area contributed by atoms with Gasteiger partial charge in [0, 0.05) is 6.04 Å². The van der Waals surface area contributed by atoms with E-state index < -0.39 is 0 Å². The molecule has 0 fully saturated rings. The molecule has 3 heteroatoms. The van der Waals surface area contributed by atoms with Gasteiger partial charge in [-0.25, -0.2) is 0 Å². The van der Waals surface area contributed by atoms with Crippen LogP contribution in [0.4, 0.5) is 0 Å². The first kappa shape index (κ1) is 13.3. The summed E-state index contributed by atoms with van der Waals surface area (Å²) in [5.74, 6) is 1.27. The molecule has 1 N–H and O–H groups in total. The van der Waals surface area contributed by atoms with Crippen molar-refractivity contribution in [1.82, 2.24) is 10.2 Å². The summed E-state index contributed by atoms with van der Waals surface area (Å²) in [5, 5.41) is 3.53. The van der Waals surface area contributed by atoms with Crippen LogP contribution in [0, 0.1) is 0 Å². The van der Waals surface area contributed by atoms with Crippen LogP contribution in [-0.2, 0) is 0 Å². The van der Waals surface area contributed by atoms with Crippen molar-refractivity contribution in [2.45, 2.75) is 25.8 Å². The van der Waals surface area contributed by atoms with Gasteiger partial charge in [0.1, 0.15) is 0 Å². The Morgan fingerprint density at radius 3 is 2.62 bits per heavy atom. The molecule has 0 amide bonds. The summed E-state index contributed by atoms with van der Waals surface area (Å²) in [4.78, 5) is 2.23. The second-order valence-electron chi connectivity index (χ2n) is 3.79. The van der Waals surface area contributed by atoms with E-state index in [1.165, 1.54) is 25.1 Å². The molecule has 0 saturated carbocycles. The maximum absolute atomic E-state index is 3.53. The van der Waals surface area contributed by atoms with Gasteiger partial charge in [-0.05, 0) is 59.0 Å². The molecular formula is C10H24N2S. The predicted octanol–water partition coefficient (Wildman–Crippen LogP) is 1.67. The van der Waals surface area contributed by atoms with Crippen LogP contribution in [0.1, 0.15) is 19.8 Å². The van der Waals surface area contributed by atoms with Crippen molar-refractivity contribution >= 4 is 11.8 Å². The lowest BCUT2D eigenvalue weighted by Crippen LogP contribution is -2.29. The third-order valence-electron chi connectivity index (χ3n) is 2.03. The summed E-state index contributed by atoms with van der Waals surface area (Å²) in [6.07, 6.45) is 4.69. The van der Waals surface area contributed by atoms with Gasteiger partial charge in [-0.3, -0.25) is 0 Å². The molecule has 0 aromatic rings. The first-order valence-corrected chi connectivity index (χ1v) is 6.43. The second kappa shape index (κ2) is 8.85. The van der Waals surface area contributed by atoms with E-state index in [0.717, 1.165) is 6.54 Å². The molecule has 0 aliphatic carbocycles. The van der Waals surface area contributed by atoms with Crippen molar-refractivity contribution in [3.63, 3.8) is 0 Å². The van der Waals surface area contributed by atoms with Crippen LogP contribution in [0.15, 0.2) is 0 Å². The van der Waals surface area contributed by atoms with E-state index in [-0.39, 0.29) is 0 Å². The van der Waals surface area contributed by atoms with E-state index in [1.807, 2.05) is 11.8 Å². The summed E-state index contributed by atoms with van der Waals surface area (Å²) in [5.41, 5.74) is 0. The topological polar surface area (TPSA) is 15.3 Å². The molecule has 0 rings (SSSR count). The van der Waals surface area contributed by atoms with Gasteiger partial charge in [-0.1, -0.05) is 0 Å². The standard InChI is InChI=1S/C10H24N2S/c1-10(6-9-13-4)11-7-5-8-12(2)3/h10-11H,5-9H2,1-4H3. The zero-order chi connectivity index (χ0) is 10.1. The summed E-state index contributed by atoms with van der Waals surface area (Å²) in [6, 6.07) is 0.676. The highest BCUT2D eigenvalue weighted by Crippen LogP contribution is 1.99. The number of hydrogen-bond donors (Lipinski definition) is 1. The molecule has 0 saturated heterocycles. The van der Waals surface area contributed by atoms with Crippen molar-refractivity contribution in [1.29, 1.82) is 0 Å². The highest BCUT2D eigenvalue weighted by atomic mass is 32.2. The number of rotatable bonds is 8. The Bertz CT molecular complexity index is 107. The Morgan fingerprint density at radius 2 is 2.08 bits per heavy atom. The van der Waals surface area contributed by atoms with Gasteiger partial charge >= 0.3 is 0 Å². The van der Waals surface area contributed by atoms with E-state index in [2.05, 4.69) is 37.5 Å². The minimum atomic E-state index is 0.676. The molecule has 2 nitrogen and oxygen atoms in total. The average molecular weight is 204 g/mol. The van der Waals surface area contributed by atoms with Crippen molar-refractivity contribution in [3.05, 3.63) is 0 Å². The SMILES string of the molecule is CSCCC(C)NCCCN(C)C. The van der Waals surface area contributed by atoms with E-state index in [1.54, 1.807) is 0 Å². The molecule has 13 heavy (non-hydrogen) atoms. The van der Waals surface area contributed by atoms with Crippen molar-refractivity contribution in [2.24, 2.45) is 0 Å². The maximum atomic E-state index is 3.53. The zero-order valence-corrected chi connectivity index (χ0v) is 10.3. The summed E-state index contributed by atoms with van der Waals surface area (Å²) in [6.45, 7) is 4.60. The largest absolute Gasteiger partial charge is 0.314 e. The summed E-state index contributed by atoms with van der Waals surface area (Å²) >= 11 is 1.93. The Hall–Kier alpha value is 0.270. The van der Waals surface area contributed by atoms with E-state index in [4.69, 9.17) is 0 Å². The Labute approximate surface area is 87.5 Å². The number of nitrogens with zero attached hydrogens (tertiary/aromatic N) is 1. The monoisotopic (exact) mass is 204 g/mol. The first-order chi connectivity index (χ1) is 6.16. The fraction of sp³-hybridized carbons (Fsp3) is 1.00. The van der Waals surface area contributed by atoms with Gasteiger partial charge in [0.25, 0.3) is 0 Å². The maximum Gasteiger partial charge on any atom is 0.00465 e. The van der Waals surface area contributed by atoms with Gasteiger partial charge in [0.05, 0.1) is 0 Å². The zero-order valence-electron chi connectivity index (χ0n) is 9.47. The molecule has 1 atom stereocenters. The second-order valence-corrected chi connectivity index (χ2v) is 4.78. The number of thioether (sulfide) groups is 1. The smallest absolute Gasteiger partial charge is 0.00465 e. The van der Waals surface area contributed by atoms with E-state index >= 15 is 0 Å². The first-order valence-electron chi connectivity index (χ1n) is 5.04. The number of nitrogens with one attached hydrogen (secondary N) is 1. The van der Waals surface area contributed by atoms with Gasteiger partial charge < -0.3 is 10.2 Å². The molecular weight excluding hydrogens is 180 g/mol. The molecule has 80 valence electrons. The highest BCUT2D eigenvalue weighted by Gasteiger charge is 1.99. The molecule has 0 spiro atoms. The van der Waals surface area contributed by atoms with Crippen LogP contribution in [0.5, 0.6) is 0 Å². The van der Waals surface area contributed by atoms with Crippen molar-refractivity contribution < 1.29 is 0 Å². The number of hydrogen-bond acceptors (Lipinski definition) is 3. The molecule has 0 bridgehead atoms. The summed E-state index contributed by atoms with van der Waals surface area (Å²) in [7, 11) is 4.24. The Balaban J connectivity index is 3.12. The van der Waals surface area contributed by atoms with Crippen LogP contribution in [0.25, 0.3) is 0 Å². The normalized spacial score (nSPS) is 13.6. The van der Waals surface area contributed by atoms with Crippen LogP contribution >= 0.6 is 11.8 Å². The van der Waals surface area contributed by atoms with Crippen LogP contribution in [-0.4, -0.2) is 50.1 Å². The minimum absolute atomic E-state index is 0.676. The van der Waals surface area contributed by atoms with Crippen LogP contribution in [0.3, 0.4) is 0 Å². The Morgan fingerprint density at radius 1 is 1.38 bits per heavy atom. The molecule has 0 aliphatic rings. The molecule has 0 aliphatic heterocycles. The highest BCUT2D eigenvalue weighted by molar-refractivity contribution is 7.98. The van der Waals surface area contributed by atoms with Crippen molar-refractivity contribution in [2.75, 3.05) is 39.2 Å². The van der Waals surface area contributed by atoms with Gasteiger partial charge in [-0.15, -0.1) is 0 Å². The van der Waals surface area contributed by atoms with E-state index in [9.17, 15) is 0 Å². The van der Waals surface area contributed by atoms with E-state index in [0.29, 0.717) is 6.04 Å². The lowest BCUT2D eigenvalue weighted by atomic mass is 10.2. The lowest BCUT2D eigenvalue weighted by molar-refractivity contribution is 0.387. The molecule has 0 aromatic heterocycles.